The Morgan fingerprint density at radius 1 is 1.20 bits per heavy atom. The fourth-order valence-corrected chi connectivity index (χ4v) is 4.01. The fourth-order valence-electron chi connectivity index (χ4n) is 4.01. The molecule has 2 N–H and O–H groups in total. The number of pyridine rings is 1. The summed E-state index contributed by atoms with van der Waals surface area (Å²) in [6, 6.07) is 5.21. The smallest absolute Gasteiger partial charge is 0.224 e. The Kier molecular flexibility index (Phi) is 8.97. The largest absolute Gasteiger partial charge is 0.357 e. The molecule has 2 atom stereocenters. The molecule has 0 radical (unpaired) electrons. The van der Waals surface area contributed by atoms with Crippen molar-refractivity contribution >= 4 is 42.2 Å². The number of nitrogens with zero attached hydrogens (tertiary/aromatic N) is 2. The van der Waals surface area contributed by atoms with Gasteiger partial charge in [-0.1, -0.05) is 0 Å². The molecule has 3 rings (SSSR count). The number of halogens is 2. The first-order valence-corrected chi connectivity index (χ1v) is 8.94. The van der Waals surface area contributed by atoms with E-state index in [-0.39, 0.29) is 30.7 Å². The zero-order valence-electron chi connectivity index (χ0n) is 15.0. The molecule has 142 valence electrons. The van der Waals surface area contributed by atoms with Crippen LogP contribution >= 0.6 is 24.8 Å². The zero-order chi connectivity index (χ0) is 16.2. The molecule has 1 aromatic heterocycles. The molecule has 2 saturated heterocycles. The van der Waals surface area contributed by atoms with Crippen LogP contribution in [0.25, 0.3) is 0 Å². The SMILES string of the molecule is CCN(CC)c1ccc(NC(=O)CC2CC3CCC(C2)N3)cn1.Cl.Cl. The third-order valence-electron chi connectivity index (χ3n) is 5.16. The van der Waals surface area contributed by atoms with Crippen LogP contribution in [0.4, 0.5) is 11.5 Å². The number of carbonyl (C=O) groups excluding carboxylic acids is 1. The van der Waals surface area contributed by atoms with Crippen molar-refractivity contribution in [1.29, 1.82) is 0 Å². The average Bonchev–Trinajstić information content (AvgIpc) is 2.89. The van der Waals surface area contributed by atoms with E-state index in [1.807, 2.05) is 12.1 Å². The van der Waals surface area contributed by atoms with E-state index >= 15 is 0 Å². The lowest BCUT2D eigenvalue weighted by Gasteiger charge is -2.28. The van der Waals surface area contributed by atoms with Crippen LogP contribution in [0.5, 0.6) is 0 Å². The second-order valence-corrected chi connectivity index (χ2v) is 6.80. The summed E-state index contributed by atoms with van der Waals surface area (Å²) in [6.07, 6.45) is 7.23. The monoisotopic (exact) mass is 388 g/mol. The minimum absolute atomic E-state index is 0. The molecule has 2 unspecified atom stereocenters. The fraction of sp³-hybridized carbons (Fsp3) is 0.667. The first-order valence-electron chi connectivity index (χ1n) is 8.94. The molecule has 2 aliphatic rings. The average molecular weight is 389 g/mol. The van der Waals surface area contributed by atoms with Crippen molar-refractivity contribution in [3.8, 4) is 0 Å². The number of aromatic nitrogens is 1. The quantitative estimate of drug-likeness (QED) is 0.780. The summed E-state index contributed by atoms with van der Waals surface area (Å²) in [4.78, 5) is 18.9. The predicted octanol–water partition coefficient (Wildman–Crippen LogP) is 3.63. The maximum atomic E-state index is 12.3. The molecule has 2 bridgehead atoms. The number of hydrogen-bond acceptors (Lipinski definition) is 4. The zero-order valence-corrected chi connectivity index (χ0v) is 16.7. The second-order valence-electron chi connectivity index (χ2n) is 6.80. The Balaban J connectivity index is 0.00000156. The van der Waals surface area contributed by atoms with Gasteiger partial charge in [0.25, 0.3) is 0 Å². The van der Waals surface area contributed by atoms with Crippen LogP contribution in [-0.2, 0) is 4.79 Å². The number of rotatable bonds is 6. The number of hydrogen-bond donors (Lipinski definition) is 2. The molecule has 0 aliphatic carbocycles. The van der Waals surface area contributed by atoms with E-state index in [2.05, 4.69) is 34.4 Å². The van der Waals surface area contributed by atoms with E-state index in [1.54, 1.807) is 6.20 Å². The van der Waals surface area contributed by atoms with Gasteiger partial charge in [0.2, 0.25) is 5.91 Å². The van der Waals surface area contributed by atoms with E-state index in [0.29, 0.717) is 24.4 Å². The Hall–Kier alpha value is -1.04. The van der Waals surface area contributed by atoms with Crippen LogP contribution in [-0.4, -0.2) is 36.1 Å². The molecule has 2 fully saturated rings. The third-order valence-corrected chi connectivity index (χ3v) is 5.16. The molecule has 25 heavy (non-hydrogen) atoms. The molecule has 0 saturated carbocycles. The van der Waals surface area contributed by atoms with Crippen LogP contribution in [0.3, 0.4) is 0 Å². The Bertz CT molecular complexity index is 524. The van der Waals surface area contributed by atoms with Gasteiger partial charge >= 0.3 is 0 Å². The van der Waals surface area contributed by atoms with Crippen LogP contribution in [0.1, 0.15) is 46.0 Å². The first-order chi connectivity index (χ1) is 11.2. The maximum absolute atomic E-state index is 12.3. The highest BCUT2D eigenvalue weighted by atomic mass is 35.5. The van der Waals surface area contributed by atoms with Crippen molar-refractivity contribution in [2.75, 3.05) is 23.3 Å². The molecule has 0 spiro atoms. The Morgan fingerprint density at radius 2 is 1.84 bits per heavy atom. The van der Waals surface area contributed by atoms with Crippen LogP contribution in [0.2, 0.25) is 0 Å². The highest BCUT2D eigenvalue weighted by Crippen LogP contribution is 2.32. The second kappa shape index (κ2) is 10.2. The van der Waals surface area contributed by atoms with Crippen molar-refractivity contribution in [2.24, 2.45) is 5.92 Å². The highest BCUT2D eigenvalue weighted by Gasteiger charge is 2.34. The number of piperidine rings is 1. The molecule has 5 nitrogen and oxygen atoms in total. The van der Waals surface area contributed by atoms with Crippen molar-refractivity contribution in [3.05, 3.63) is 18.3 Å². The van der Waals surface area contributed by atoms with Gasteiger partial charge in [-0.05, 0) is 57.6 Å². The topological polar surface area (TPSA) is 57.3 Å². The first kappa shape index (κ1) is 22.0. The maximum Gasteiger partial charge on any atom is 0.224 e. The van der Waals surface area contributed by atoms with Gasteiger partial charge in [0, 0.05) is 31.6 Å². The van der Waals surface area contributed by atoms with E-state index in [9.17, 15) is 4.79 Å². The van der Waals surface area contributed by atoms with Gasteiger partial charge in [0.05, 0.1) is 11.9 Å². The van der Waals surface area contributed by atoms with Crippen LogP contribution in [0.15, 0.2) is 18.3 Å². The van der Waals surface area contributed by atoms with E-state index in [1.165, 1.54) is 12.8 Å². The number of nitrogens with one attached hydrogen (secondary N) is 2. The molecule has 3 heterocycles. The molecular weight excluding hydrogens is 359 g/mol. The van der Waals surface area contributed by atoms with Crippen LogP contribution < -0.4 is 15.5 Å². The molecular formula is C18H30Cl2N4O. The number of anilines is 2. The lowest BCUT2D eigenvalue weighted by atomic mass is 9.89. The lowest BCUT2D eigenvalue weighted by molar-refractivity contribution is -0.117. The van der Waals surface area contributed by atoms with Gasteiger partial charge in [-0.25, -0.2) is 4.98 Å². The van der Waals surface area contributed by atoms with E-state index in [0.717, 1.165) is 37.4 Å². The number of amides is 1. The predicted molar refractivity (Wildman–Crippen MR) is 108 cm³/mol. The van der Waals surface area contributed by atoms with Gasteiger partial charge in [-0.15, -0.1) is 24.8 Å². The summed E-state index contributed by atoms with van der Waals surface area (Å²) in [5.74, 6) is 1.60. The minimum atomic E-state index is 0. The highest BCUT2D eigenvalue weighted by molar-refractivity contribution is 5.90. The normalized spacial score (nSPS) is 24.0. The van der Waals surface area contributed by atoms with E-state index < -0.39 is 0 Å². The van der Waals surface area contributed by atoms with E-state index in [4.69, 9.17) is 0 Å². The minimum Gasteiger partial charge on any atom is -0.357 e. The summed E-state index contributed by atoms with van der Waals surface area (Å²) >= 11 is 0. The summed E-state index contributed by atoms with van der Waals surface area (Å²) in [7, 11) is 0. The van der Waals surface area contributed by atoms with Crippen molar-refractivity contribution in [2.45, 2.75) is 58.0 Å². The third kappa shape index (κ3) is 5.73. The number of carbonyl (C=O) groups is 1. The van der Waals surface area contributed by atoms with Gasteiger partial charge < -0.3 is 15.5 Å². The van der Waals surface area contributed by atoms with Crippen molar-refractivity contribution < 1.29 is 4.79 Å². The lowest BCUT2D eigenvalue weighted by Crippen LogP contribution is -2.39. The molecule has 7 heteroatoms. The van der Waals surface area contributed by atoms with Crippen molar-refractivity contribution in [1.82, 2.24) is 10.3 Å². The summed E-state index contributed by atoms with van der Waals surface area (Å²) < 4.78 is 0. The van der Waals surface area contributed by atoms with Crippen molar-refractivity contribution in [3.63, 3.8) is 0 Å². The molecule has 1 aromatic rings. The summed E-state index contributed by atoms with van der Waals surface area (Å²) in [5.41, 5.74) is 0.794. The Morgan fingerprint density at radius 3 is 2.36 bits per heavy atom. The summed E-state index contributed by atoms with van der Waals surface area (Å²) in [6.45, 7) is 6.11. The van der Waals surface area contributed by atoms with Crippen LogP contribution in [0, 0.1) is 5.92 Å². The van der Waals surface area contributed by atoms with Gasteiger partial charge in [0.1, 0.15) is 5.82 Å². The molecule has 1 amide bonds. The van der Waals surface area contributed by atoms with Gasteiger partial charge in [-0.2, -0.15) is 0 Å². The molecule has 0 aromatic carbocycles. The molecule has 2 aliphatic heterocycles. The number of fused-ring (bicyclic) bond motifs is 2. The van der Waals surface area contributed by atoms with Gasteiger partial charge in [-0.3, -0.25) is 4.79 Å². The van der Waals surface area contributed by atoms with Gasteiger partial charge in [0.15, 0.2) is 0 Å². The standard InChI is InChI=1S/C18H28N4O.2ClH/c1-3-22(4-2)17-8-7-16(12-19-17)21-18(23)11-13-9-14-5-6-15(10-13)20-14;;/h7-8,12-15,20H,3-6,9-11H2,1-2H3,(H,21,23);2*1H. The summed E-state index contributed by atoms with van der Waals surface area (Å²) in [5, 5.41) is 6.63. The Labute approximate surface area is 163 Å².